The Labute approximate surface area is 209 Å². The quantitative estimate of drug-likeness (QED) is 0.610. The summed E-state index contributed by atoms with van der Waals surface area (Å²) in [5.41, 5.74) is 0.0338. The fourth-order valence-corrected chi connectivity index (χ4v) is 9.09. The maximum absolute atomic E-state index is 13.0. The van der Waals surface area contributed by atoms with Crippen LogP contribution in [0.1, 0.15) is 52.4 Å². The molecule has 11 heteroatoms. The van der Waals surface area contributed by atoms with Gasteiger partial charge in [0.2, 0.25) is 26.0 Å². The molecule has 3 heterocycles. The third-order valence-corrected chi connectivity index (χ3v) is 11.0. The van der Waals surface area contributed by atoms with E-state index in [1.54, 1.807) is 22.5 Å². The first-order chi connectivity index (χ1) is 16.3. The standard InChI is InChI=1S/C24H38N4O5S2/c1-23(2)18-24(19-28(23)34(3,30)31)10-14-26(15-11-24)17-22(29)25-20-8-7-9-21(16-20)35(32,33)27-12-5-4-6-13-27/h7-9,16H,4-6,10-15,17-19H2,1-3H3,(H,25,29). The lowest BCUT2D eigenvalue weighted by atomic mass is 9.74. The molecular weight excluding hydrogens is 488 g/mol. The first-order valence-electron chi connectivity index (χ1n) is 12.4. The first kappa shape index (κ1) is 26.5. The highest BCUT2D eigenvalue weighted by Crippen LogP contribution is 2.48. The summed E-state index contributed by atoms with van der Waals surface area (Å²) in [6.07, 6.45) is 6.59. The number of hydrogen-bond acceptors (Lipinski definition) is 6. The molecule has 1 aromatic rings. The second-order valence-corrected chi connectivity index (χ2v) is 14.9. The number of rotatable bonds is 6. The maximum atomic E-state index is 13.0. The summed E-state index contributed by atoms with van der Waals surface area (Å²) < 4.78 is 53.6. The van der Waals surface area contributed by atoms with Crippen molar-refractivity contribution in [3.63, 3.8) is 0 Å². The summed E-state index contributed by atoms with van der Waals surface area (Å²) in [7, 11) is -6.82. The molecule has 0 aromatic heterocycles. The summed E-state index contributed by atoms with van der Waals surface area (Å²) in [5, 5.41) is 2.85. The summed E-state index contributed by atoms with van der Waals surface area (Å²) in [4.78, 5) is 15.0. The van der Waals surface area contributed by atoms with Crippen molar-refractivity contribution in [1.82, 2.24) is 13.5 Å². The number of amides is 1. The van der Waals surface area contributed by atoms with Gasteiger partial charge in [-0.2, -0.15) is 8.61 Å². The van der Waals surface area contributed by atoms with Gasteiger partial charge >= 0.3 is 0 Å². The molecular formula is C24H38N4O5S2. The van der Waals surface area contributed by atoms with Gasteiger partial charge < -0.3 is 5.32 Å². The lowest BCUT2D eigenvalue weighted by molar-refractivity contribution is -0.117. The van der Waals surface area contributed by atoms with Crippen LogP contribution in [0.4, 0.5) is 5.69 Å². The molecule has 0 unspecified atom stereocenters. The predicted octanol–water partition coefficient (Wildman–Crippen LogP) is 2.33. The van der Waals surface area contributed by atoms with E-state index in [-0.39, 0.29) is 22.8 Å². The molecule has 1 aromatic carbocycles. The molecule has 0 atom stereocenters. The topological polar surface area (TPSA) is 107 Å². The Hall–Kier alpha value is -1.53. The molecule has 0 radical (unpaired) electrons. The minimum absolute atomic E-state index is 0.0449. The lowest BCUT2D eigenvalue weighted by Gasteiger charge is -2.39. The van der Waals surface area contributed by atoms with Crippen molar-refractivity contribution < 1.29 is 21.6 Å². The zero-order valence-electron chi connectivity index (χ0n) is 21.0. The number of carbonyl (C=O) groups is 1. The van der Waals surface area contributed by atoms with Gasteiger partial charge in [0.15, 0.2) is 0 Å². The fraction of sp³-hybridized carbons (Fsp3) is 0.708. The number of benzene rings is 1. The largest absolute Gasteiger partial charge is 0.325 e. The third kappa shape index (κ3) is 5.90. The van der Waals surface area contributed by atoms with Gasteiger partial charge in [0.05, 0.1) is 17.7 Å². The molecule has 3 saturated heterocycles. The van der Waals surface area contributed by atoms with Crippen molar-refractivity contribution in [3.8, 4) is 0 Å². The van der Waals surface area contributed by atoms with E-state index in [4.69, 9.17) is 0 Å². The first-order valence-corrected chi connectivity index (χ1v) is 15.7. The van der Waals surface area contributed by atoms with Crippen molar-refractivity contribution in [3.05, 3.63) is 24.3 Å². The second-order valence-electron chi connectivity index (χ2n) is 11.1. The SMILES string of the molecule is CC1(C)CC2(CCN(CC(=O)Nc3cccc(S(=O)(=O)N4CCCCC4)c3)CC2)CN1S(C)(=O)=O. The van der Waals surface area contributed by atoms with Crippen LogP contribution in [0.15, 0.2) is 29.2 Å². The van der Waals surface area contributed by atoms with Gasteiger partial charge in [0, 0.05) is 30.9 Å². The molecule has 0 bridgehead atoms. The van der Waals surface area contributed by atoms with E-state index in [2.05, 4.69) is 10.2 Å². The number of anilines is 1. The lowest BCUT2D eigenvalue weighted by Crippen LogP contribution is -2.45. The van der Waals surface area contributed by atoms with Crippen molar-refractivity contribution in [2.75, 3.05) is 50.8 Å². The summed E-state index contributed by atoms with van der Waals surface area (Å²) in [6.45, 7) is 7.26. The minimum atomic E-state index is -3.56. The predicted molar refractivity (Wildman–Crippen MR) is 136 cm³/mol. The highest BCUT2D eigenvalue weighted by atomic mass is 32.2. The molecule has 1 spiro atoms. The molecule has 1 amide bonds. The van der Waals surface area contributed by atoms with Crippen LogP contribution >= 0.6 is 0 Å². The molecule has 3 fully saturated rings. The van der Waals surface area contributed by atoms with E-state index >= 15 is 0 Å². The number of likely N-dealkylation sites (tertiary alicyclic amines) is 1. The van der Waals surface area contributed by atoms with Crippen molar-refractivity contribution in [1.29, 1.82) is 0 Å². The van der Waals surface area contributed by atoms with Gasteiger partial charge in [-0.1, -0.05) is 12.5 Å². The molecule has 196 valence electrons. The van der Waals surface area contributed by atoms with Crippen molar-refractivity contribution >= 4 is 31.6 Å². The van der Waals surface area contributed by atoms with E-state index in [0.717, 1.165) is 51.6 Å². The zero-order valence-corrected chi connectivity index (χ0v) is 22.6. The number of sulfonamides is 2. The number of nitrogens with one attached hydrogen (secondary N) is 1. The van der Waals surface area contributed by atoms with Crippen LogP contribution in [0.25, 0.3) is 0 Å². The van der Waals surface area contributed by atoms with Crippen molar-refractivity contribution in [2.45, 2.75) is 62.8 Å². The van der Waals surface area contributed by atoms with Crippen LogP contribution in [0.2, 0.25) is 0 Å². The van der Waals surface area contributed by atoms with Gasteiger partial charge in [-0.05, 0) is 82.7 Å². The Kier molecular flexibility index (Phi) is 7.38. The third-order valence-electron chi connectivity index (χ3n) is 7.72. The number of hydrogen-bond donors (Lipinski definition) is 1. The number of piperidine rings is 2. The molecule has 9 nitrogen and oxygen atoms in total. The zero-order chi connectivity index (χ0) is 25.5. The Morgan fingerprint density at radius 3 is 2.26 bits per heavy atom. The Balaban J connectivity index is 1.33. The van der Waals surface area contributed by atoms with Gasteiger partial charge in [0.25, 0.3) is 0 Å². The summed E-state index contributed by atoms with van der Waals surface area (Å²) in [5.74, 6) is -0.182. The number of nitrogens with zero attached hydrogens (tertiary/aromatic N) is 3. The summed E-state index contributed by atoms with van der Waals surface area (Å²) in [6, 6.07) is 6.48. The maximum Gasteiger partial charge on any atom is 0.243 e. The Morgan fingerprint density at radius 1 is 1.00 bits per heavy atom. The monoisotopic (exact) mass is 526 g/mol. The van der Waals surface area contributed by atoms with Crippen molar-refractivity contribution in [2.24, 2.45) is 5.41 Å². The van der Waals surface area contributed by atoms with Gasteiger partial charge in [-0.25, -0.2) is 16.8 Å². The van der Waals surface area contributed by atoms with Crippen LogP contribution in [-0.4, -0.2) is 87.3 Å². The highest BCUT2D eigenvalue weighted by molar-refractivity contribution is 7.89. The second kappa shape index (κ2) is 9.74. The molecule has 4 rings (SSSR count). The molecule has 0 saturated carbocycles. The van der Waals surface area contributed by atoms with E-state index in [1.165, 1.54) is 16.6 Å². The minimum Gasteiger partial charge on any atom is -0.325 e. The van der Waals surface area contributed by atoms with Crippen LogP contribution in [0, 0.1) is 5.41 Å². The average Bonchev–Trinajstić information content (AvgIpc) is 3.07. The fourth-order valence-electron chi connectivity index (χ4n) is 6.06. The average molecular weight is 527 g/mol. The molecule has 35 heavy (non-hydrogen) atoms. The van der Waals surface area contributed by atoms with Crippen LogP contribution in [0.3, 0.4) is 0 Å². The molecule has 1 N–H and O–H groups in total. The van der Waals surface area contributed by atoms with E-state index in [1.807, 2.05) is 13.8 Å². The van der Waals surface area contributed by atoms with E-state index < -0.39 is 25.6 Å². The van der Waals surface area contributed by atoms with Gasteiger partial charge in [-0.15, -0.1) is 0 Å². The number of carbonyl (C=O) groups excluding carboxylic acids is 1. The highest BCUT2D eigenvalue weighted by Gasteiger charge is 2.52. The summed E-state index contributed by atoms with van der Waals surface area (Å²) >= 11 is 0. The van der Waals surface area contributed by atoms with Gasteiger partial charge in [-0.3, -0.25) is 9.69 Å². The smallest absolute Gasteiger partial charge is 0.243 e. The Bertz CT molecular complexity index is 1150. The normalized spacial score (nSPS) is 24.0. The van der Waals surface area contributed by atoms with Crippen LogP contribution in [0.5, 0.6) is 0 Å². The van der Waals surface area contributed by atoms with Gasteiger partial charge in [0.1, 0.15) is 0 Å². The molecule has 3 aliphatic rings. The van der Waals surface area contributed by atoms with Crippen LogP contribution in [-0.2, 0) is 24.8 Å². The van der Waals surface area contributed by atoms with Crippen LogP contribution < -0.4 is 5.32 Å². The Morgan fingerprint density at radius 2 is 1.66 bits per heavy atom. The molecule has 0 aliphatic carbocycles. The molecule has 3 aliphatic heterocycles. The van der Waals surface area contributed by atoms with E-state index in [0.29, 0.717) is 25.3 Å². The van der Waals surface area contributed by atoms with E-state index in [9.17, 15) is 21.6 Å².